The molecule has 0 aliphatic carbocycles. The molecule has 2 rings (SSSR count). The van der Waals surface area contributed by atoms with Crippen LogP contribution in [0.4, 0.5) is 0 Å². The lowest BCUT2D eigenvalue weighted by atomic mass is 10.2. The molecule has 0 amide bonds. The number of thiazole rings is 1. The highest BCUT2D eigenvalue weighted by atomic mass is 32.1. The number of methoxy groups -OCH3 is 1. The summed E-state index contributed by atoms with van der Waals surface area (Å²) in [7, 11) is 1.57. The Morgan fingerprint density at radius 2 is 2.25 bits per heavy atom. The first-order valence-electron chi connectivity index (χ1n) is 6.10. The van der Waals surface area contributed by atoms with E-state index in [0.717, 1.165) is 5.56 Å². The summed E-state index contributed by atoms with van der Waals surface area (Å²) in [5, 5.41) is 13.0. The molecule has 5 nitrogen and oxygen atoms in total. The summed E-state index contributed by atoms with van der Waals surface area (Å²) in [4.78, 5) is 14.9. The number of carbonyl (C=O) groups is 1. The number of benzene rings is 1. The lowest BCUT2D eigenvalue weighted by molar-refractivity contribution is -0.304. The maximum atomic E-state index is 10.6. The molecular formula is C14H14NO4S-. The van der Waals surface area contributed by atoms with Gasteiger partial charge in [0.2, 0.25) is 0 Å². The van der Waals surface area contributed by atoms with Crippen molar-refractivity contribution >= 4 is 17.3 Å². The van der Waals surface area contributed by atoms with E-state index in [1.54, 1.807) is 12.5 Å². The smallest absolute Gasteiger partial charge is 0.171 e. The molecule has 0 radical (unpaired) electrons. The van der Waals surface area contributed by atoms with Crippen LogP contribution in [0.15, 0.2) is 23.6 Å². The van der Waals surface area contributed by atoms with Crippen LogP contribution in [0.25, 0.3) is 10.6 Å². The summed E-state index contributed by atoms with van der Waals surface area (Å²) in [5.74, 6) is 0.102. The molecule has 0 unspecified atom stereocenters. The van der Waals surface area contributed by atoms with Crippen LogP contribution in [0.1, 0.15) is 12.6 Å². The van der Waals surface area contributed by atoms with Gasteiger partial charge in [0.25, 0.3) is 0 Å². The van der Waals surface area contributed by atoms with Gasteiger partial charge in [-0.15, -0.1) is 11.3 Å². The monoisotopic (exact) mass is 292 g/mol. The first-order chi connectivity index (χ1) is 9.65. The molecule has 0 saturated carbocycles. The second-order valence-corrected chi connectivity index (χ2v) is 4.82. The molecule has 2 aromatic rings. The molecule has 0 aliphatic rings. The molecule has 0 N–H and O–H groups in total. The SMILES string of the molecule is CCOc1c(OC)cccc1-c1nc(CC(=O)[O-])cs1. The van der Waals surface area contributed by atoms with Crippen LogP contribution in [0.2, 0.25) is 0 Å². The molecule has 0 bridgehead atoms. The molecule has 0 saturated heterocycles. The van der Waals surface area contributed by atoms with Crippen molar-refractivity contribution in [2.75, 3.05) is 13.7 Å². The van der Waals surface area contributed by atoms with Crippen molar-refractivity contribution in [3.63, 3.8) is 0 Å². The second-order valence-electron chi connectivity index (χ2n) is 3.96. The van der Waals surface area contributed by atoms with Crippen molar-refractivity contribution in [2.45, 2.75) is 13.3 Å². The predicted molar refractivity (Wildman–Crippen MR) is 74.0 cm³/mol. The molecule has 1 heterocycles. The van der Waals surface area contributed by atoms with E-state index in [2.05, 4.69) is 4.98 Å². The van der Waals surface area contributed by atoms with Crippen molar-refractivity contribution in [2.24, 2.45) is 0 Å². The number of carbonyl (C=O) groups excluding carboxylic acids is 1. The number of carboxylic acid groups (broad SMARTS) is 1. The molecule has 20 heavy (non-hydrogen) atoms. The Labute approximate surface area is 120 Å². The number of rotatable bonds is 6. The zero-order valence-corrected chi connectivity index (χ0v) is 12.0. The first kappa shape index (κ1) is 14.3. The van der Waals surface area contributed by atoms with E-state index in [-0.39, 0.29) is 6.42 Å². The maximum absolute atomic E-state index is 10.6. The largest absolute Gasteiger partial charge is 0.550 e. The fourth-order valence-electron chi connectivity index (χ4n) is 1.80. The van der Waals surface area contributed by atoms with E-state index >= 15 is 0 Å². The third-order valence-corrected chi connectivity index (χ3v) is 3.52. The van der Waals surface area contributed by atoms with Crippen LogP contribution in [-0.4, -0.2) is 24.7 Å². The number of hydrogen-bond donors (Lipinski definition) is 0. The number of carboxylic acids is 1. The van der Waals surface area contributed by atoms with Crippen molar-refractivity contribution < 1.29 is 19.4 Å². The van der Waals surface area contributed by atoms with Crippen LogP contribution in [0, 0.1) is 0 Å². The van der Waals surface area contributed by atoms with Crippen LogP contribution in [0.5, 0.6) is 11.5 Å². The average Bonchev–Trinajstić information content (AvgIpc) is 2.86. The van der Waals surface area contributed by atoms with Gasteiger partial charge in [0, 0.05) is 17.8 Å². The minimum atomic E-state index is -1.14. The molecule has 0 aliphatic heterocycles. The predicted octanol–water partition coefficient (Wildman–Crippen LogP) is 1.51. The highest BCUT2D eigenvalue weighted by molar-refractivity contribution is 7.13. The van der Waals surface area contributed by atoms with E-state index in [4.69, 9.17) is 9.47 Å². The minimum Gasteiger partial charge on any atom is -0.550 e. The Kier molecular flexibility index (Phi) is 4.57. The Bertz CT molecular complexity index is 609. The van der Waals surface area contributed by atoms with E-state index in [1.807, 2.05) is 25.1 Å². The Hall–Kier alpha value is -2.08. The van der Waals surface area contributed by atoms with E-state index in [1.165, 1.54) is 11.3 Å². The number of para-hydroxylation sites is 1. The van der Waals surface area contributed by atoms with Gasteiger partial charge in [-0.2, -0.15) is 0 Å². The van der Waals surface area contributed by atoms with Crippen LogP contribution in [-0.2, 0) is 11.2 Å². The van der Waals surface area contributed by atoms with E-state index in [9.17, 15) is 9.90 Å². The Balaban J connectivity index is 2.41. The van der Waals surface area contributed by atoms with Crippen molar-refractivity contribution in [1.82, 2.24) is 4.98 Å². The van der Waals surface area contributed by atoms with Gasteiger partial charge in [-0.1, -0.05) is 6.07 Å². The van der Waals surface area contributed by atoms with E-state index in [0.29, 0.717) is 28.8 Å². The van der Waals surface area contributed by atoms with Crippen molar-refractivity contribution in [3.8, 4) is 22.1 Å². The van der Waals surface area contributed by atoms with Crippen LogP contribution >= 0.6 is 11.3 Å². The Morgan fingerprint density at radius 3 is 2.90 bits per heavy atom. The van der Waals surface area contributed by atoms with Gasteiger partial charge in [0.05, 0.1) is 25.0 Å². The van der Waals surface area contributed by atoms with Gasteiger partial charge in [0.15, 0.2) is 11.5 Å². The van der Waals surface area contributed by atoms with Crippen molar-refractivity contribution in [1.29, 1.82) is 0 Å². The summed E-state index contributed by atoms with van der Waals surface area (Å²) >= 11 is 1.37. The average molecular weight is 292 g/mol. The molecule has 0 spiro atoms. The third kappa shape index (κ3) is 3.08. The van der Waals surface area contributed by atoms with Crippen LogP contribution in [0.3, 0.4) is 0 Å². The number of aromatic nitrogens is 1. The molecule has 1 aromatic heterocycles. The molecule has 0 atom stereocenters. The highest BCUT2D eigenvalue weighted by Gasteiger charge is 2.15. The number of aliphatic carboxylic acids is 1. The summed E-state index contributed by atoms with van der Waals surface area (Å²) in [6.07, 6.45) is -0.190. The number of hydrogen-bond acceptors (Lipinski definition) is 6. The lowest BCUT2D eigenvalue weighted by Gasteiger charge is -2.12. The minimum absolute atomic E-state index is 0.190. The third-order valence-electron chi connectivity index (χ3n) is 2.60. The van der Waals surface area contributed by atoms with Gasteiger partial charge in [0.1, 0.15) is 5.01 Å². The van der Waals surface area contributed by atoms with E-state index < -0.39 is 5.97 Å². The van der Waals surface area contributed by atoms with Crippen LogP contribution < -0.4 is 14.6 Å². The summed E-state index contributed by atoms with van der Waals surface area (Å²) in [5.41, 5.74) is 1.27. The standard InChI is InChI=1S/C14H15NO4S/c1-3-19-13-10(5-4-6-11(13)18-2)14-15-9(8-20-14)7-12(16)17/h4-6,8H,3,7H2,1-2H3,(H,16,17)/p-1. The molecule has 1 aromatic carbocycles. The van der Waals surface area contributed by atoms with Gasteiger partial charge < -0.3 is 19.4 Å². The topological polar surface area (TPSA) is 71.5 Å². The van der Waals surface area contributed by atoms with Gasteiger partial charge >= 0.3 is 0 Å². The second kappa shape index (κ2) is 6.38. The maximum Gasteiger partial charge on any atom is 0.171 e. The zero-order valence-electron chi connectivity index (χ0n) is 11.2. The lowest BCUT2D eigenvalue weighted by Crippen LogP contribution is -2.24. The highest BCUT2D eigenvalue weighted by Crippen LogP contribution is 2.39. The van der Waals surface area contributed by atoms with Gasteiger partial charge in [-0.3, -0.25) is 0 Å². The molecule has 6 heteroatoms. The quantitative estimate of drug-likeness (QED) is 0.807. The Morgan fingerprint density at radius 1 is 1.45 bits per heavy atom. The van der Waals surface area contributed by atoms with Gasteiger partial charge in [-0.05, 0) is 19.1 Å². The fourth-order valence-corrected chi connectivity index (χ4v) is 2.64. The number of nitrogens with zero attached hydrogens (tertiary/aromatic N) is 1. The number of ether oxygens (including phenoxy) is 2. The van der Waals surface area contributed by atoms with Crippen molar-refractivity contribution in [3.05, 3.63) is 29.3 Å². The first-order valence-corrected chi connectivity index (χ1v) is 6.98. The molecule has 0 fully saturated rings. The molecule has 106 valence electrons. The summed E-state index contributed by atoms with van der Waals surface area (Å²) < 4.78 is 10.9. The van der Waals surface area contributed by atoms with Gasteiger partial charge in [-0.25, -0.2) is 4.98 Å². The molecular weight excluding hydrogens is 278 g/mol. The summed E-state index contributed by atoms with van der Waals surface area (Å²) in [6.45, 7) is 2.39. The zero-order chi connectivity index (χ0) is 14.5. The summed E-state index contributed by atoms with van der Waals surface area (Å²) in [6, 6.07) is 5.52. The normalized spacial score (nSPS) is 10.3. The fraction of sp³-hybridized carbons (Fsp3) is 0.286.